The molecule has 0 spiro atoms. The van der Waals surface area contributed by atoms with Gasteiger partial charge in [-0.1, -0.05) is 0 Å². The van der Waals surface area contributed by atoms with E-state index in [1.165, 1.54) is 36.7 Å². The van der Waals surface area contributed by atoms with Crippen LogP contribution in [-0.4, -0.2) is 31.9 Å². The summed E-state index contributed by atoms with van der Waals surface area (Å²) in [5.74, 6) is -2.01. The van der Waals surface area contributed by atoms with Crippen molar-refractivity contribution < 1.29 is 20.1 Å². The third-order valence-electron chi connectivity index (χ3n) is 2.79. The fourth-order valence-electron chi connectivity index (χ4n) is 1.62. The Morgan fingerprint density at radius 1 is 1.10 bits per heavy atom. The number of hydrogen-bond donors (Lipinski definition) is 4. The van der Waals surface area contributed by atoms with Crippen LogP contribution in [0.2, 0.25) is 0 Å². The number of phenolic OH excluding ortho intramolecular Hbond substituents is 3. The second kappa shape index (κ2) is 5.91. The van der Waals surface area contributed by atoms with E-state index in [0.29, 0.717) is 5.56 Å². The molecule has 4 N–H and O–H groups in total. The Bertz CT molecular complexity index is 699. The number of hydrazone groups is 1. The zero-order valence-corrected chi connectivity index (χ0v) is 11.1. The Morgan fingerprint density at radius 3 is 2.43 bits per heavy atom. The maximum Gasteiger partial charge on any atom is 0.271 e. The molecule has 0 atom stereocenters. The van der Waals surface area contributed by atoms with E-state index >= 15 is 0 Å². The molecule has 1 amide bonds. The topological polar surface area (TPSA) is 115 Å². The van der Waals surface area contributed by atoms with Gasteiger partial charge in [-0.3, -0.25) is 9.78 Å². The summed E-state index contributed by atoms with van der Waals surface area (Å²) in [7, 11) is 0. The van der Waals surface area contributed by atoms with Crippen molar-refractivity contribution in [3.05, 3.63) is 47.8 Å². The molecule has 0 radical (unpaired) electrons. The van der Waals surface area contributed by atoms with Gasteiger partial charge in [0, 0.05) is 23.5 Å². The minimum Gasteiger partial charge on any atom is -0.504 e. The number of nitrogens with one attached hydrogen (secondary N) is 1. The Hall–Kier alpha value is -3.09. The highest BCUT2D eigenvalue weighted by Gasteiger charge is 2.13. The lowest BCUT2D eigenvalue weighted by atomic mass is 10.1. The van der Waals surface area contributed by atoms with E-state index in [2.05, 4.69) is 15.5 Å². The molecule has 0 bridgehead atoms. The molecule has 2 aromatic rings. The summed E-state index contributed by atoms with van der Waals surface area (Å²) >= 11 is 0. The van der Waals surface area contributed by atoms with Crippen molar-refractivity contribution in [2.45, 2.75) is 6.92 Å². The van der Waals surface area contributed by atoms with E-state index in [1.54, 1.807) is 6.92 Å². The first kappa shape index (κ1) is 14.3. The number of rotatable bonds is 3. The summed E-state index contributed by atoms with van der Waals surface area (Å²) in [4.78, 5) is 15.6. The van der Waals surface area contributed by atoms with Crippen molar-refractivity contribution in [1.29, 1.82) is 0 Å². The Kier molecular flexibility index (Phi) is 4.03. The van der Waals surface area contributed by atoms with Crippen LogP contribution >= 0.6 is 0 Å². The van der Waals surface area contributed by atoms with Gasteiger partial charge < -0.3 is 15.3 Å². The number of nitrogens with zero attached hydrogens (tertiary/aromatic N) is 2. The molecule has 2 rings (SSSR count). The molecule has 0 unspecified atom stereocenters. The Balaban J connectivity index is 2.19. The predicted molar refractivity (Wildman–Crippen MR) is 75.4 cm³/mol. The summed E-state index contributed by atoms with van der Waals surface area (Å²) in [5, 5.41) is 32.3. The molecule has 108 valence electrons. The Morgan fingerprint density at radius 2 is 1.76 bits per heavy atom. The molecule has 0 saturated carbocycles. The molecule has 0 aliphatic carbocycles. The van der Waals surface area contributed by atoms with Crippen LogP contribution in [0.5, 0.6) is 17.2 Å². The fourth-order valence-corrected chi connectivity index (χ4v) is 1.62. The highest BCUT2D eigenvalue weighted by molar-refractivity contribution is 6.03. The van der Waals surface area contributed by atoms with Crippen LogP contribution in [-0.2, 0) is 0 Å². The number of carbonyl (C=O) groups is 1. The number of carbonyl (C=O) groups excluding carboxylic acids is 1. The van der Waals surface area contributed by atoms with E-state index in [-0.39, 0.29) is 11.3 Å². The zero-order chi connectivity index (χ0) is 15.4. The van der Waals surface area contributed by atoms with Crippen LogP contribution in [0.15, 0.2) is 41.8 Å². The lowest BCUT2D eigenvalue weighted by molar-refractivity contribution is 0.0954. The number of hydrogen-bond acceptors (Lipinski definition) is 6. The predicted octanol–water partition coefficient (Wildman–Crippen LogP) is 1.35. The minimum absolute atomic E-state index is 0.195. The molecule has 21 heavy (non-hydrogen) atoms. The fraction of sp³-hybridized carbons (Fsp3) is 0.0714. The van der Waals surface area contributed by atoms with Crippen molar-refractivity contribution in [2.24, 2.45) is 5.10 Å². The molecule has 7 heteroatoms. The minimum atomic E-state index is -0.637. The second-order valence-electron chi connectivity index (χ2n) is 4.20. The lowest BCUT2D eigenvalue weighted by Gasteiger charge is -2.07. The molecule has 0 aliphatic heterocycles. The molecular formula is C14H13N3O4. The summed E-state index contributed by atoms with van der Waals surface area (Å²) in [6.07, 6.45) is 2.96. The number of benzene rings is 1. The average Bonchev–Trinajstić information content (AvgIpc) is 2.51. The first-order chi connectivity index (χ1) is 10.0. The molecule has 1 aromatic heterocycles. The van der Waals surface area contributed by atoms with Gasteiger partial charge in [-0.05, 0) is 31.2 Å². The second-order valence-corrected chi connectivity index (χ2v) is 4.20. The lowest BCUT2D eigenvalue weighted by Crippen LogP contribution is -2.19. The van der Waals surface area contributed by atoms with E-state index in [1.807, 2.05) is 0 Å². The van der Waals surface area contributed by atoms with Crippen LogP contribution in [0, 0.1) is 0 Å². The van der Waals surface area contributed by atoms with Crippen LogP contribution in [0.3, 0.4) is 0 Å². The van der Waals surface area contributed by atoms with E-state index in [0.717, 1.165) is 0 Å². The van der Waals surface area contributed by atoms with Gasteiger partial charge in [-0.2, -0.15) is 5.10 Å². The summed E-state index contributed by atoms with van der Waals surface area (Å²) in [6.45, 7) is 1.54. The monoisotopic (exact) mass is 287 g/mol. The average molecular weight is 287 g/mol. The van der Waals surface area contributed by atoms with E-state index < -0.39 is 23.2 Å². The number of phenols is 3. The van der Waals surface area contributed by atoms with Gasteiger partial charge in [-0.15, -0.1) is 0 Å². The van der Waals surface area contributed by atoms with Gasteiger partial charge in [0.15, 0.2) is 11.5 Å². The number of pyridine rings is 1. The first-order valence-electron chi connectivity index (χ1n) is 5.99. The first-order valence-corrected chi connectivity index (χ1v) is 5.99. The molecule has 1 aromatic carbocycles. The molecule has 0 fully saturated rings. The third-order valence-corrected chi connectivity index (χ3v) is 2.79. The standard InChI is InChI=1S/C14H13N3O4/c1-8(10-2-3-11(18)13(20)12(10)19)16-17-14(21)9-4-6-15-7-5-9/h2-7,18-20H,1H3,(H,17,21). The smallest absolute Gasteiger partial charge is 0.271 e. The van der Waals surface area contributed by atoms with Crippen molar-refractivity contribution in [2.75, 3.05) is 0 Å². The normalized spacial score (nSPS) is 11.2. The van der Waals surface area contributed by atoms with Gasteiger partial charge >= 0.3 is 0 Å². The van der Waals surface area contributed by atoms with Gasteiger partial charge in [0.2, 0.25) is 5.75 Å². The summed E-state index contributed by atoms with van der Waals surface area (Å²) in [6, 6.07) is 5.66. The van der Waals surface area contributed by atoms with Crippen LogP contribution < -0.4 is 5.43 Å². The number of aromatic nitrogens is 1. The highest BCUT2D eigenvalue weighted by Crippen LogP contribution is 2.37. The third kappa shape index (κ3) is 3.08. The maximum atomic E-state index is 11.8. The van der Waals surface area contributed by atoms with Gasteiger partial charge in [0.05, 0.1) is 5.71 Å². The Labute approximate surface area is 120 Å². The quantitative estimate of drug-likeness (QED) is 0.386. The van der Waals surface area contributed by atoms with Crippen molar-refractivity contribution in [3.63, 3.8) is 0 Å². The van der Waals surface area contributed by atoms with Crippen LogP contribution in [0.1, 0.15) is 22.8 Å². The zero-order valence-electron chi connectivity index (χ0n) is 11.1. The summed E-state index contributed by atoms with van der Waals surface area (Å²) < 4.78 is 0. The maximum absolute atomic E-state index is 11.8. The largest absolute Gasteiger partial charge is 0.504 e. The van der Waals surface area contributed by atoms with Crippen molar-refractivity contribution in [3.8, 4) is 17.2 Å². The highest BCUT2D eigenvalue weighted by atomic mass is 16.3. The molecule has 0 aliphatic rings. The van der Waals surface area contributed by atoms with Crippen LogP contribution in [0.25, 0.3) is 0 Å². The van der Waals surface area contributed by atoms with Gasteiger partial charge in [0.25, 0.3) is 5.91 Å². The van der Waals surface area contributed by atoms with Gasteiger partial charge in [-0.25, -0.2) is 5.43 Å². The van der Waals surface area contributed by atoms with Crippen LogP contribution in [0.4, 0.5) is 0 Å². The molecule has 0 saturated heterocycles. The van der Waals surface area contributed by atoms with E-state index in [9.17, 15) is 20.1 Å². The van der Waals surface area contributed by atoms with Crippen molar-refractivity contribution in [1.82, 2.24) is 10.4 Å². The van der Waals surface area contributed by atoms with E-state index in [4.69, 9.17) is 0 Å². The molecular weight excluding hydrogens is 274 g/mol. The molecule has 1 heterocycles. The van der Waals surface area contributed by atoms with Crippen molar-refractivity contribution >= 4 is 11.6 Å². The SMILES string of the molecule is CC(=NNC(=O)c1ccncc1)c1ccc(O)c(O)c1O. The van der Waals surface area contributed by atoms with Gasteiger partial charge in [0.1, 0.15) is 0 Å². The summed E-state index contributed by atoms with van der Waals surface area (Å²) in [5.41, 5.74) is 3.18. The number of aromatic hydroxyl groups is 3. The molecule has 7 nitrogen and oxygen atoms in total. The number of amides is 1.